The van der Waals surface area contributed by atoms with E-state index in [9.17, 15) is 18.0 Å². The van der Waals surface area contributed by atoms with E-state index in [4.69, 9.17) is 5.11 Å². The summed E-state index contributed by atoms with van der Waals surface area (Å²) in [4.78, 5) is 14.2. The van der Waals surface area contributed by atoms with Gasteiger partial charge in [0.1, 0.15) is 11.5 Å². The third kappa shape index (κ3) is 4.32. The molecule has 0 saturated carbocycles. The van der Waals surface area contributed by atoms with E-state index in [2.05, 4.69) is 10.3 Å². The van der Waals surface area contributed by atoms with Gasteiger partial charge in [0.05, 0.1) is 0 Å². The summed E-state index contributed by atoms with van der Waals surface area (Å²) in [6.07, 6.45) is -2.55. The highest BCUT2D eigenvalue weighted by Gasteiger charge is 2.33. The Morgan fingerprint density at radius 3 is 2.52 bits per heavy atom. The zero-order valence-electron chi connectivity index (χ0n) is 12.1. The van der Waals surface area contributed by atoms with E-state index in [1.807, 2.05) is 0 Å². The molecule has 0 fully saturated rings. The number of aliphatic carboxylic acids is 1. The lowest BCUT2D eigenvalue weighted by Gasteiger charge is -2.14. The molecule has 0 bridgehead atoms. The van der Waals surface area contributed by atoms with Gasteiger partial charge in [-0.05, 0) is 36.8 Å². The lowest BCUT2D eigenvalue weighted by Crippen LogP contribution is -2.10. The Hall–Kier alpha value is -2.83. The van der Waals surface area contributed by atoms with Gasteiger partial charge in [-0.2, -0.15) is 13.2 Å². The van der Waals surface area contributed by atoms with Crippen molar-refractivity contribution in [3.8, 4) is 0 Å². The molecule has 0 spiro atoms. The number of benzene rings is 1. The Kier molecular flexibility index (Phi) is 4.68. The number of anilines is 2. The molecule has 1 aromatic heterocycles. The van der Waals surface area contributed by atoms with E-state index in [0.29, 0.717) is 5.69 Å². The molecule has 0 unspecified atom stereocenters. The minimum absolute atomic E-state index is 0.0633. The molecule has 1 heterocycles. The Morgan fingerprint density at radius 2 is 1.91 bits per heavy atom. The lowest BCUT2D eigenvalue weighted by molar-refractivity contribution is -0.141. The molecule has 1 aromatic carbocycles. The van der Waals surface area contributed by atoms with Crippen molar-refractivity contribution in [2.45, 2.75) is 13.1 Å². The normalized spacial score (nSPS) is 11.7. The number of carboxylic acids is 1. The second-order valence-electron chi connectivity index (χ2n) is 4.74. The van der Waals surface area contributed by atoms with Gasteiger partial charge < -0.3 is 10.4 Å². The smallest absolute Gasteiger partial charge is 0.433 e. The number of rotatable bonds is 4. The van der Waals surface area contributed by atoms with E-state index < -0.39 is 17.8 Å². The molecular formula is C16H13F3N2O2. The largest absolute Gasteiger partial charge is 0.478 e. The predicted octanol–water partition coefficient (Wildman–Crippen LogP) is 4.25. The number of aryl methyl sites for hydroxylation is 1. The summed E-state index contributed by atoms with van der Waals surface area (Å²) < 4.78 is 38.5. The molecule has 4 nitrogen and oxygen atoms in total. The second kappa shape index (κ2) is 6.51. The number of nitrogens with zero attached hydrogens (tertiary/aromatic N) is 1. The predicted molar refractivity (Wildman–Crippen MR) is 80.4 cm³/mol. The van der Waals surface area contributed by atoms with Gasteiger partial charge in [0.25, 0.3) is 0 Å². The zero-order chi connectivity index (χ0) is 17.0. The summed E-state index contributed by atoms with van der Waals surface area (Å²) in [5.41, 5.74) is 0.592. The number of halogens is 3. The van der Waals surface area contributed by atoms with Crippen molar-refractivity contribution in [3.05, 3.63) is 59.3 Å². The molecular weight excluding hydrogens is 309 g/mol. The van der Waals surface area contributed by atoms with E-state index >= 15 is 0 Å². The molecule has 2 rings (SSSR count). The number of alkyl halides is 3. The number of aromatic nitrogens is 1. The topological polar surface area (TPSA) is 62.2 Å². The first-order chi connectivity index (χ1) is 10.8. The molecule has 0 aliphatic rings. The Morgan fingerprint density at radius 1 is 1.22 bits per heavy atom. The van der Waals surface area contributed by atoms with Gasteiger partial charge in [0, 0.05) is 17.3 Å². The van der Waals surface area contributed by atoms with Crippen LogP contribution in [0.4, 0.5) is 24.7 Å². The molecule has 2 N–H and O–H groups in total. The van der Waals surface area contributed by atoms with Gasteiger partial charge in [0.15, 0.2) is 0 Å². The van der Waals surface area contributed by atoms with Crippen LogP contribution in [0.25, 0.3) is 6.08 Å². The van der Waals surface area contributed by atoms with Crippen LogP contribution in [-0.4, -0.2) is 16.1 Å². The van der Waals surface area contributed by atoms with E-state index in [0.717, 1.165) is 17.7 Å². The molecule has 0 aliphatic carbocycles. The fraction of sp³-hybridized carbons (Fsp3) is 0.125. The molecule has 7 heteroatoms. The quantitative estimate of drug-likeness (QED) is 0.826. The summed E-state index contributed by atoms with van der Waals surface area (Å²) in [7, 11) is 0. The summed E-state index contributed by atoms with van der Waals surface area (Å²) >= 11 is 0. The van der Waals surface area contributed by atoms with Crippen LogP contribution < -0.4 is 5.32 Å². The third-order valence-electron chi connectivity index (χ3n) is 3.02. The van der Waals surface area contributed by atoms with E-state index in [1.54, 1.807) is 31.2 Å². The fourth-order valence-electron chi connectivity index (χ4n) is 1.86. The van der Waals surface area contributed by atoms with Gasteiger partial charge in [-0.1, -0.05) is 18.2 Å². The van der Waals surface area contributed by atoms with E-state index in [1.165, 1.54) is 12.1 Å². The number of carboxylic acid groups (broad SMARTS) is 1. The van der Waals surface area contributed by atoms with Crippen LogP contribution >= 0.6 is 0 Å². The first kappa shape index (κ1) is 16.5. The lowest BCUT2D eigenvalue weighted by atomic mass is 10.1. The standard InChI is InChI=1S/C16H13F3N2O2/c1-10-4-2-3-5-12(10)20-15-11(7-9-14(22)23)6-8-13(21-15)16(17,18)19/h2-9H,1H3,(H,20,21)(H,22,23)/b9-7+. The minimum atomic E-state index is -4.59. The number of para-hydroxylation sites is 1. The SMILES string of the molecule is Cc1ccccc1Nc1nc(C(F)(F)F)ccc1/C=C/C(=O)O. The Labute approximate surface area is 130 Å². The van der Waals surface area contributed by atoms with Crippen molar-refractivity contribution in [1.29, 1.82) is 0 Å². The zero-order valence-corrected chi connectivity index (χ0v) is 12.1. The van der Waals surface area contributed by atoms with Crippen molar-refractivity contribution in [2.24, 2.45) is 0 Å². The summed E-state index contributed by atoms with van der Waals surface area (Å²) in [6, 6.07) is 9.01. The molecule has 23 heavy (non-hydrogen) atoms. The molecule has 2 aromatic rings. The molecule has 120 valence electrons. The van der Waals surface area contributed by atoms with Crippen LogP contribution in [0.15, 0.2) is 42.5 Å². The van der Waals surface area contributed by atoms with Crippen molar-refractivity contribution < 1.29 is 23.1 Å². The third-order valence-corrected chi connectivity index (χ3v) is 3.02. The second-order valence-corrected chi connectivity index (χ2v) is 4.74. The van der Waals surface area contributed by atoms with Gasteiger partial charge in [-0.15, -0.1) is 0 Å². The van der Waals surface area contributed by atoms with Gasteiger partial charge >= 0.3 is 12.1 Å². The number of hydrogen-bond donors (Lipinski definition) is 2. The maximum atomic E-state index is 12.8. The van der Waals surface area contributed by atoms with Crippen molar-refractivity contribution in [1.82, 2.24) is 4.98 Å². The van der Waals surface area contributed by atoms with Crippen LogP contribution in [0.2, 0.25) is 0 Å². The summed E-state index contributed by atoms with van der Waals surface area (Å²) in [5, 5.41) is 11.5. The van der Waals surface area contributed by atoms with Crippen molar-refractivity contribution in [2.75, 3.05) is 5.32 Å². The number of carbonyl (C=O) groups is 1. The van der Waals surface area contributed by atoms with Crippen LogP contribution in [0.3, 0.4) is 0 Å². The molecule has 0 radical (unpaired) electrons. The molecule has 0 saturated heterocycles. The van der Waals surface area contributed by atoms with E-state index in [-0.39, 0.29) is 11.4 Å². The average molecular weight is 322 g/mol. The van der Waals surface area contributed by atoms with Crippen LogP contribution in [0, 0.1) is 6.92 Å². The molecule has 0 aliphatic heterocycles. The van der Waals surface area contributed by atoms with Crippen molar-refractivity contribution >= 4 is 23.6 Å². The Balaban J connectivity index is 2.48. The van der Waals surface area contributed by atoms with Crippen LogP contribution in [-0.2, 0) is 11.0 Å². The highest BCUT2D eigenvalue weighted by atomic mass is 19.4. The first-order valence-corrected chi connectivity index (χ1v) is 6.59. The van der Waals surface area contributed by atoms with Gasteiger partial charge in [0.2, 0.25) is 0 Å². The highest BCUT2D eigenvalue weighted by molar-refractivity contribution is 5.87. The van der Waals surface area contributed by atoms with Crippen LogP contribution in [0.1, 0.15) is 16.8 Å². The number of nitrogens with one attached hydrogen (secondary N) is 1. The maximum absolute atomic E-state index is 12.8. The monoisotopic (exact) mass is 322 g/mol. The summed E-state index contributed by atoms with van der Waals surface area (Å²) in [5.74, 6) is -1.27. The Bertz CT molecular complexity index is 755. The fourth-order valence-corrected chi connectivity index (χ4v) is 1.86. The van der Waals surface area contributed by atoms with Crippen molar-refractivity contribution in [3.63, 3.8) is 0 Å². The van der Waals surface area contributed by atoms with Gasteiger partial charge in [-0.25, -0.2) is 9.78 Å². The highest BCUT2D eigenvalue weighted by Crippen LogP contribution is 2.31. The number of pyridine rings is 1. The molecule has 0 atom stereocenters. The average Bonchev–Trinajstić information content (AvgIpc) is 2.47. The molecule has 0 amide bonds. The number of hydrogen-bond acceptors (Lipinski definition) is 3. The van der Waals surface area contributed by atoms with Gasteiger partial charge in [-0.3, -0.25) is 0 Å². The summed E-state index contributed by atoms with van der Waals surface area (Å²) in [6.45, 7) is 1.79. The van der Waals surface area contributed by atoms with Crippen LogP contribution in [0.5, 0.6) is 0 Å². The maximum Gasteiger partial charge on any atom is 0.433 e. The first-order valence-electron chi connectivity index (χ1n) is 6.59. The minimum Gasteiger partial charge on any atom is -0.478 e.